The maximum Gasteiger partial charge on any atom is 0.303 e. The molecule has 0 aliphatic carbocycles. The van der Waals surface area contributed by atoms with Crippen LogP contribution in [0.3, 0.4) is 0 Å². The predicted molar refractivity (Wildman–Crippen MR) is 107 cm³/mol. The van der Waals surface area contributed by atoms with Crippen LogP contribution in [0.1, 0.15) is 24.0 Å². The van der Waals surface area contributed by atoms with Gasteiger partial charge in [-0.2, -0.15) is 0 Å². The first-order valence-corrected chi connectivity index (χ1v) is 8.89. The van der Waals surface area contributed by atoms with Crippen molar-refractivity contribution in [1.82, 2.24) is 0 Å². The molecule has 0 bridgehead atoms. The SMILES string of the molecule is C=CCOc1ccc(CCC(=O)O)cc1.O=C(CO)CCc1ccc(O)cc1. The van der Waals surface area contributed by atoms with E-state index in [0.29, 0.717) is 25.9 Å². The lowest BCUT2D eigenvalue weighted by molar-refractivity contribution is -0.137. The van der Waals surface area contributed by atoms with Crippen LogP contribution in [0.5, 0.6) is 11.5 Å². The summed E-state index contributed by atoms with van der Waals surface area (Å²) in [5.74, 6) is 0.0567. The second-order valence-electron chi connectivity index (χ2n) is 6.00. The summed E-state index contributed by atoms with van der Waals surface area (Å²) in [4.78, 5) is 21.1. The molecule has 0 radical (unpaired) electrons. The predicted octanol–water partition coefficient (Wildman–Crippen LogP) is 3.15. The van der Waals surface area contributed by atoms with Gasteiger partial charge in [0.1, 0.15) is 24.7 Å². The van der Waals surface area contributed by atoms with Crippen LogP contribution in [0.2, 0.25) is 0 Å². The number of benzene rings is 2. The smallest absolute Gasteiger partial charge is 0.303 e. The van der Waals surface area contributed by atoms with E-state index in [0.717, 1.165) is 16.9 Å². The van der Waals surface area contributed by atoms with E-state index in [1.165, 1.54) is 0 Å². The summed E-state index contributed by atoms with van der Waals surface area (Å²) in [6, 6.07) is 14.1. The van der Waals surface area contributed by atoms with Gasteiger partial charge in [-0.25, -0.2) is 0 Å². The summed E-state index contributed by atoms with van der Waals surface area (Å²) < 4.78 is 5.30. The van der Waals surface area contributed by atoms with Crippen molar-refractivity contribution in [3.05, 3.63) is 72.3 Å². The Hall–Kier alpha value is -3.12. The van der Waals surface area contributed by atoms with E-state index in [9.17, 15) is 9.59 Å². The fourth-order valence-electron chi connectivity index (χ4n) is 2.18. The van der Waals surface area contributed by atoms with E-state index in [-0.39, 0.29) is 18.0 Å². The Kier molecular flexibility index (Phi) is 10.7. The number of aliphatic hydroxyl groups excluding tert-OH is 1. The molecule has 0 fully saturated rings. The number of carboxylic acid groups (broad SMARTS) is 1. The third-order valence-corrected chi connectivity index (χ3v) is 3.72. The minimum Gasteiger partial charge on any atom is -0.508 e. The van der Waals surface area contributed by atoms with Crippen LogP contribution in [0.4, 0.5) is 0 Å². The first-order chi connectivity index (χ1) is 13.4. The lowest BCUT2D eigenvalue weighted by Gasteiger charge is -2.04. The molecule has 0 atom stereocenters. The zero-order chi connectivity index (χ0) is 20.8. The third-order valence-electron chi connectivity index (χ3n) is 3.72. The number of carbonyl (C=O) groups excluding carboxylic acids is 1. The number of aliphatic hydroxyl groups is 1. The molecule has 0 spiro atoms. The summed E-state index contributed by atoms with van der Waals surface area (Å²) >= 11 is 0. The lowest BCUT2D eigenvalue weighted by Crippen LogP contribution is -2.04. The molecule has 3 N–H and O–H groups in total. The van der Waals surface area contributed by atoms with Crippen molar-refractivity contribution >= 4 is 11.8 Å². The van der Waals surface area contributed by atoms with Gasteiger partial charge in [0.05, 0.1) is 0 Å². The Morgan fingerprint density at radius 1 is 0.929 bits per heavy atom. The number of rotatable bonds is 10. The Morgan fingerprint density at radius 3 is 1.96 bits per heavy atom. The molecule has 0 aromatic heterocycles. The summed E-state index contributed by atoms with van der Waals surface area (Å²) in [7, 11) is 0. The van der Waals surface area contributed by atoms with Gasteiger partial charge in [-0.3, -0.25) is 9.59 Å². The number of phenols is 1. The third kappa shape index (κ3) is 10.1. The van der Waals surface area contributed by atoms with E-state index in [1.54, 1.807) is 30.3 Å². The molecule has 0 heterocycles. The number of ether oxygens (including phenoxy) is 1. The van der Waals surface area contributed by atoms with Gasteiger partial charge in [0.2, 0.25) is 0 Å². The summed E-state index contributed by atoms with van der Waals surface area (Å²) in [6.07, 6.45) is 3.35. The molecule has 2 rings (SSSR count). The maximum atomic E-state index is 10.8. The minimum absolute atomic E-state index is 0.159. The van der Waals surface area contributed by atoms with E-state index in [2.05, 4.69) is 6.58 Å². The fraction of sp³-hybridized carbons (Fsp3) is 0.273. The molecule has 28 heavy (non-hydrogen) atoms. The monoisotopic (exact) mass is 386 g/mol. The highest BCUT2D eigenvalue weighted by atomic mass is 16.5. The number of hydrogen-bond donors (Lipinski definition) is 3. The maximum absolute atomic E-state index is 10.8. The van der Waals surface area contributed by atoms with E-state index in [1.807, 2.05) is 24.3 Å². The average Bonchev–Trinajstić information content (AvgIpc) is 2.71. The van der Waals surface area contributed by atoms with Gasteiger partial charge in [0.15, 0.2) is 5.78 Å². The van der Waals surface area contributed by atoms with Gasteiger partial charge in [0.25, 0.3) is 0 Å². The number of phenolic OH excluding ortho intramolecular Hbond substituents is 1. The zero-order valence-electron chi connectivity index (χ0n) is 15.7. The van der Waals surface area contributed by atoms with Crippen LogP contribution in [-0.2, 0) is 22.4 Å². The molecule has 2 aromatic rings. The van der Waals surface area contributed by atoms with Crippen molar-refractivity contribution < 1.29 is 29.6 Å². The molecule has 2 aromatic carbocycles. The largest absolute Gasteiger partial charge is 0.508 e. The van der Waals surface area contributed by atoms with Crippen LogP contribution in [0.25, 0.3) is 0 Å². The highest BCUT2D eigenvalue weighted by Crippen LogP contribution is 2.13. The molecule has 0 aliphatic rings. The molecule has 0 saturated heterocycles. The number of aliphatic carboxylic acids is 1. The molecular formula is C22H26O6. The highest BCUT2D eigenvalue weighted by molar-refractivity contribution is 5.79. The highest BCUT2D eigenvalue weighted by Gasteiger charge is 2.00. The summed E-state index contributed by atoms with van der Waals surface area (Å²) in [5, 5.41) is 26.0. The van der Waals surface area contributed by atoms with E-state index < -0.39 is 12.6 Å². The van der Waals surface area contributed by atoms with Gasteiger partial charge in [-0.05, 0) is 48.2 Å². The summed E-state index contributed by atoms with van der Waals surface area (Å²) in [6.45, 7) is 3.64. The lowest BCUT2D eigenvalue weighted by atomic mass is 10.1. The van der Waals surface area contributed by atoms with Gasteiger partial charge < -0.3 is 20.1 Å². The van der Waals surface area contributed by atoms with Gasteiger partial charge in [-0.1, -0.05) is 36.9 Å². The Morgan fingerprint density at radius 2 is 1.46 bits per heavy atom. The first-order valence-electron chi connectivity index (χ1n) is 8.89. The number of carboxylic acids is 1. The first kappa shape index (κ1) is 22.9. The van der Waals surface area contributed by atoms with E-state index >= 15 is 0 Å². The van der Waals surface area contributed by atoms with Gasteiger partial charge in [0, 0.05) is 12.8 Å². The van der Waals surface area contributed by atoms with Crippen LogP contribution in [-0.4, -0.2) is 40.3 Å². The van der Waals surface area contributed by atoms with Crippen molar-refractivity contribution in [3.8, 4) is 11.5 Å². The number of carbonyl (C=O) groups is 2. The Balaban J connectivity index is 0.000000283. The second kappa shape index (κ2) is 13.1. The number of hydrogen-bond acceptors (Lipinski definition) is 5. The van der Waals surface area contributed by atoms with Gasteiger partial charge in [-0.15, -0.1) is 0 Å². The topological polar surface area (TPSA) is 104 Å². The Labute approximate surface area is 164 Å². The molecule has 0 unspecified atom stereocenters. The molecule has 150 valence electrons. The van der Waals surface area contributed by atoms with Gasteiger partial charge >= 0.3 is 5.97 Å². The van der Waals surface area contributed by atoms with Crippen LogP contribution >= 0.6 is 0 Å². The second-order valence-corrected chi connectivity index (χ2v) is 6.00. The normalized spacial score (nSPS) is 9.75. The van der Waals surface area contributed by atoms with Crippen LogP contribution in [0, 0.1) is 0 Å². The van der Waals surface area contributed by atoms with Crippen LogP contribution in [0.15, 0.2) is 61.2 Å². The quantitative estimate of drug-likeness (QED) is 0.542. The van der Waals surface area contributed by atoms with E-state index in [4.69, 9.17) is 20.1 Å². The van der Waals surface area contributed by atoms with Crippen molar-refractivity contribution in [3.63, 3.8) is 0 Å². The van der Waals surface area contributed by atoms with Crippen molar-refractivity contribution in [2.75, 3.05) is 13.2 Å². The Bertz CT molecular complexity index is 735. The molecule has 0 aliphatic heterocycles. The molecule has 6 heteroatoms. The summed E-state index contributed by atoms with van der Waals surface area (Å²) in [5.41, 5.74) is 1.99. The average molecular weight is 386 g/mol. The zero-order valence-corrected chi connectivity index (χ0v) is 15.7. The number of aryl methyl sites for hydroxylation is 2. The molecule has 6 nitrogen and oxygen atoms in total. The standard InChI is InChI=1S/C12H14O3.C10H12O3/c1-2-9-15-11-6-3-10(4-7-11)5-8-12(13)14;11-7-10(13)6-3-8-1-4-9(12)5-2-8/h2-4,6-7H,1,5,8-9H2,(H,13,14);1-2,4-5,11-12H,3,6-7H2. The molecule has 0 amide bonds. The number of Topliss-reactive ketones (excluding diaryl/α,β-unsaturated/α-hetero) is 1. The minimum atomic E-state index is -0.776. The number of aromatic hydroxyl groups is 1. The van der Waals surface area contributed by atoms with Crippen molar-refractivity contribution in [2.24, 2.45) is 0 Å². The fourth-order valence-corrected chi connectivity index (χ4v) is 2.18. The van der Waals surface area contributed by atoms with Crippen molar-refractivity contribution in [1.29, 1.82) is 0 Å². The number of ketones is 1. The molecule has 0 saturated carbocycles. The van der Waals surface area contributed by atoms with Crippen molar-refractivity contribution in [2.45, 2.75) is 25.7 Å². The molecular weight excluding hydrogens is 360 g/mol. The van der Waals surface area contributed by atoms with Crippen LogP contribution < -0.4 is 4.74 Å².